The van der Waals surface area contributed by atoms with Crippen molar-refractivity contribution < 1.29 is 13.5 Å². The summed E-state index contributed by atoms with van der Waals surface area (Å²) in [7, 11) is 3.87. The van der Waals surface area contributed by atoms with Gasteiger partial charge in [-0.3, -0.25) is 4.99 Å². The maximum absolute atomic E-state index is 12.5. The summed E-state index contributed by atoms with van der Waals surface area (Å²) in [6.45, 7) is -0.747. The number of nitrogens with zero attached hydrogens (tertiary/aromatic N) is 2. The van der Waals surface area contributed by atoms with Crippen LogP contribution in [0.15, 0.2) is 29.3 Å². The molecular weight excluding hydrogens is 338 g/mol. The van der Waals surface area contributed by atoms with Crippen LogP contribution in [0, 0.1) is 0 Å². The van der Waals surface area contributed by atoms with E-state index in [9.17, 15) is 8.78 Å². The molecule has 0 saturated heterocycles. The molecule has 0 aromatic heterocycles. The van der Waals surface area contributed by atoms with Crippen molar-refractivity contribution in [1.29, 1.82) is 0 Å². The average molecular weight is 368 g/mol. The summed E-state index contributed by atoms with van der Waals surface area (Å²) in [4.78, 5) is 6.60. The minimum atomic E-state index is -2.83. The second-order valence-electron chi connectivity index (χ2n) is 6.61. The van der Waals surface area contributed by atoms with Crippen LogP contribution in [0.5, 0.6) is 5.75 Å². The minimum absolute atomic E-state index is 0.183. The van der Waals surface area contributed by atoms with Crippen LogP contribution in [0.3, 0.4) is 0 Å². The Morgan fingerprint density at radius 3 is 2.65 bits per heavy atom. The highest BCUT2D eigenvalue weighted by Crippen LogP contribution is 2.21. The van der Waals surface area contributed by atoms with Gasteiger partial charge < -0.3 is 20.3 Å². The number of guanidine groups is 1. The van der Waals surface area contributed by atoms with Gasteiger partial charge in [0.1, 0.15) is 5.75 Å². The fourth-order valence-electron chi connectivity index (χ4n) is 3.32. The van der Waals surface area contributed by atoms with Gasteiger partial charge in [-0.15, -0.1) is 0 Å². The number of alkyl halides is 2. The lowest BCUT2D eigenvalue weighted by atomic mass is 9.94. The molecule has 1 aliphatic carbocycles. The lowest BCUT2D eigenvalue weighted by Gasteiger charge is -2.31. The van der Waals surface area contributed by atoms with Crippen LogP contribution in [0.2, 0.25) is 0 Å². The molecule has 0 heterocycles. The Labute approximate surface area is 154 Å². The van der Waals surface area contributed by atoms with E-state index in [0.29, 0.717) is 24.1 Å². The first-order valence-electron chi connectivity index (χ1n) is 9.27. The van der Waals surface area contributed by atoms with Crippen LogP contribution in [0.25, 0.3) is 0 Å². The van der Waals surface area contributed by atoms with Gasteiger partial charge in [0.05, 0.1) is 0 Å². The topological polar surface area (TPSA) is 48.9 Å². The third-order valence-corrected chi connectivity index (χ3v) is 4.81. The summed E-state index contributed by atoms with van der Waals surface area (Å²) in [5.74, 6) is 0.830. The molecule has 0 aliphatic heterocycles. The standard InChI is InChI=1S/C19H30F2N4O/c1-22-19(23-12-13-25(2)16-9-4-3-5-10-16)24-14-15-8-6-7-11-17(15)26-18(20)21/h6-8,11,16,18H,3-5,9-10,12-14H2,1-2H3,(H2,22,23,24). The Hall–Kier alpha value is -1.89. The Morgan fingerprint density at radius 1 is 1.23 bits per heavy atom. The highest BCUT2D eigenvalue weighted by atomic mass is 19.3. The average Bonchev–Trinajstić information content (AvgIpc) is 2.65. The number of nitrogens with one attached hydrogen (secondary N) is 2. The molecule has 7 heteroatoms. The zero-order valence-electron chi connectivity index (χ0n) is 15.7. The van der Waals surface area contributed by atoms with Crippen molar-refractivity contribution >= 4 is 5.96 Å². The minimum Gasteiger partial charge on any atom is -0.434 e. The van der Waals surface area contributed by atoms with Crippen molar-refractivity contribution in [2.45, 2.75) is 51.3 Å². The molecule has 0 unspecified atom stereocenters. The monoisotopic (exact) mass is 368 g/mol. The Kier molecular flexibility index (Phi) is 8.61. The first kappa shape index (κ1) is 20.4. The van der Waals surface area contributed by atoms with Crippen molar-refractivity contribution in [2.24, 2.45) is 4.99 Å². The van der Waals surface area contributed by atoms with Crippen molar-refractivity contribution in [2.75, 3.05) is 27.2 Å². The van der Waals surface area contributed by atoms with E-state index in [1.54, 1.807) is 31.3 Å². The molecule has 1 aliphatic rings. The third kappa shape index (κ3) is 6.78. The number of halogens is 2. The Morgan fingerprint density at radius 2 is 1.96 bits per heavy atom. The molecule has 0 amide bonds. The summed E-state index contributed by atoms with van der Waals surface area (Å²) in [5, 5.41) is 6.43. The molecule has 26 heavy (non-hydrogen) atoms. The number of para-hydroxylation sites is 1. The number of hydrogen-bond donors (Lipinski definition) is 2. The van der Waals surface area contributed by atoms with Gasteiger partial charge in [0.15, 0.2) is 5.96 Å². The van der Waals surface area contributed by atoms with E-state index < -0.39 is 6.61 Å². The van der Waals surface area contributed by atoms with Crippen LogP contribution in [0.1, 0.15) is 37.7 Å². The molecule has 0 atom stereocenters. The Bertz CT molecular complexity index is 562. The van der Waals surface area contributed by atoms with Crippen molar-refractivity contribution in [3.8, 4) is 5.75 Å². The van der Waals surface area contributed by atoms with E-state index in [1.165, 1.54) is 32.1 Å². The van der Waals surface area contributed by atoms with E-state index in [0.717, 1.165) is 13.1 Å². The summed E-state index contributed by atoms with van der Waals surface area (Å²) in [5.41, 5.74) is 0.662. The summed E-state index contributed by atoms with van der Waals surface area (Å²) in [6.07, 6.45) is 6.57. The largest absolute Gasteiger partial charge is 0.434 e. The first-order valence-corrected chi connectivity index (χ1v) is 9.27. The molecule has 1 aromatic carbocycles. The van der Waals surface area contributed by atoms with Gasteiger partial charge in [-0.1, -0.05) is 37.5 Å². The second-order valence-corrected chi connectivity index (χ2v) is 6.61. The van der Waals surface area contributed by atoms with E-state index in [4.69, 9.17) is 0 Å². The van der Waals surface area contributed by atoms with Crippen LogP contribution in [0.4, 0.5) is 8.78 Å². The summed E-state index contributed by atoms with van der Waals surface area (Å²) < 4.78 is 29.5. The smallest absolute Gasteiger partial charge is 0.387 e. The molecule has 0 spiro atoms. The normalized spacial score (nSPS) is 16.2. The van der Waals surface area contributed by atoms with Gasteiger partial charge >= 0.3 is 6.61 Å². The number of hydrogen-bond acceptors (Lipinski definition) is 3. The predicted molar refractivity (Wildman–Crippen MR) is 101 cm³/mol. The molecule has 2 N–H and O–H groups in total. The van der Waals surface area contributed by atoms with Crippen molar-refractivity contribution in [3.63, 3.8) is 0 Å². The zero-order chi connectivity index (χ0) is 18.8. The molecule has 5 nitrogen and oxygen atoms in total. The van der Waals surface area contributed by atoms with E-state index in [2.05, 4.69) is 32.3 Å². The van der Waals surface area contributed by atoms with Gasteiger partial charge in [0.2, 0.25) is 0 Å². The lowest BCUT2D eigenvalue weighted by molar-refractivity contribution is -0.0504. The molecule has 0 bridgehead atoms. The van der Waals surface area contributed by atoms with Crippen LogP contribution in [-0.2, 0) is 6.54 Å². The maximum atomic E-state index is 12.5. The third-order valence-electron chi connectivity index (χ3n) is 4.81. The van der Waals surface area contributed by atoms with E-state index in [-0.39, 0.29) is 5.75 Å². The molecule has 146 valence electrons. The molecule has 1 fully saturated rings. The van der Waals surface area contributed by atoms with Crippen LogP contribution in [-0.4, -0.2) is 50.7 Å². The van der Waals surface area contributed by atoms with Gasteiger partial charge in [0.25, 0.3) is 0 Å². The van der Waals surface area contributed by atoms with E-state index >= 15 is 0 Å². The predicted octanol–water partition coefficient (Wildman–Crippen LogP) is 3.22. The summed E-state index contributed by atoms with van der Waals surface area (Å²) >= 11 is 0. The van der Waals surface area contributed by atoms with E-state index in [1.807, 2.05) is 0 Å². The van der Waals surface area contributed by atoms with Crippen molar-refractivity contribution in [1.82, 2.24) is 15.5 Å². The van der Waals surface area contributed by atoms with Gasteiger partial charge in [-0.25, -0.2) is 0 Å². The highest BCUT2D eigenvalue weighted by molar-refractivity contribution is 5.79. The number of aliphatic imine (C=N–C) groups is 1. The molecule has 1 saturated carbocycles. The van der Waals surface area contributed by atoms with Gasteiger partial charge in [-0.05, 0) is 26.0 Å². The number of benzene rings is 1. The lowest BCUT2D eigenvalue weighted by Crippen LogP contribution is -2.43. The van der Waals surface area contributed by atoms with Crippen LogP contribution < -0.4 is 15.4 Å². The number of rotatable bonds is 8. The maximum Gasteiger partial charge on any atom is 0.387 e. The fraction of sp³-hybridized carbons (Fsp3) is 0.632. The zero-order valence-corrected chi connectivity index (χ0v) is 15.7. The number of likely N-dealkylation sites (N-methyl/N-ethyl adjacent to an activating group) is 1. The van der Waals surface area contributed by atoms with Gasteiger partial charge in [0, 0.05) is 38.3 Å². The molecular formula is C19H30F2N4O. The number of ether oxygens (including phenoxy) is 1. The van der Waals surface area contributed by atoms with Crippen molar-refractivity contribution in [3.05, 3.63) is 29.8 Å². The quantitative estimate of drug-likeness (QED) is 0.546. The SMILES string of the molecule is CN=C(NCCN(C)C1CCCCC1)NCc1ccccc1OC(F)F. The molecule has 2 rings (SSSR count). The van der Waals surface area contributed by atoms with Gasteiger partial charge in [-0.2, -0.15) is 8.78 Å². The second kappa shape index (κ2) is 11.0. The molecule has 1 aromatic rings. The summed E-state index contributed by atoms with van der Waals surface area (Å²) in [6, 6.07) is 7.45. The highest BCUT2D eigenvalue weighted by Gasteiger charge is 2.17. The fourth-order valence-corrected chi connectivity index (χ4v) is 3.32. The first-order chi connectivity index (χ1) is 12.6. The Balaban J connectivity index is 1.76. The van der Waals surface area contributed by atoms with Crippen LogP contribution >= 0.6 is 0 Å². The molecule has 0 radical (unpaired) electrons.